The van der Waals surface area contributed by atoms with E-state index in [4.69, 9.17) is 0 Å². The lowest BCUT2D eigenvalue weighted by Crippen LogP contribution is -2.27. The first-order valence-electron chi connectivity index (χ1n) is 23.9. The lowest BCUT2D eigenvalue weighted by Gasteiger charge is -2.36. The number of phenolic OH excluding ortho intramolecular Hbond substituents is 2. The summed E-state index contributed by atoms with van der Waals surface area (Å²) in [6.07, 6.45) is 24.6. The maximum absolute atomic E-state index is 12.4. The lowest BCUT2D eigenvalue weighted by atomic mass is 9.69. The van der Waals surface area contributed by atoms with Crippen LogP contribution in [0.5, 0.6) is 11.5 Å². The molecule has 1 saturated carbocycles. The topological polar surface area (TPSA) is 46.9 Å². The van der Waals surface area contributed by atoms with Crippen LogP contribution in [0.1, 0.15) is 243 Å². The van der Waals surface area contributed by atoms with Crippen molar-refractivity contribution in [2.24, 2.45) is 0 Å². The molecule has 2 aromatic carbocycles. The lowest BCUT2D eigenvalue weighted by molar-refractivity contribution is 0.248. The Morgan fingerprint density at radius 3 is 1.04 bits per heavy atom. The Morgan fingerprint density at radius 2 is 0.768 bits per heavy atom. The van der Waals surface area contributed by atoms with E-state index in [1.807, 2.05) is 0 Å². The van der Waals surface area contributed by atoms with Gasteiger partial charge in [0, 0.05) is 24.2 Å². The van der Waals surface area contributed by atoms with Gasteiger partial charge in [0.25, 0.3) is 0 Å². The molecule has 1 aliphatic carbocycles. The first-order chi connectivity index (χ1) is 26.7. The molecule has 320 valence electrons. The molecule has 0 aromatic heterocycles. The maximum Gasteiger partial charge on any atom is 0.123 e. The predicted molar refractivity (Wildman–Crippen MR) is 245 cm³/mol. The van der Waals surface area contributed by atoms with Crippen molar-refractivity contribution in [2.45, 2.75) is 233 Å². The summed E-state index contributed by atoms with van der Waals surface area (Å²) in [6, 6.07) is 9.36. The van der Waals surface area contributed by atoms with Crippen LogP contribution in [0.4, 0.5) is 0 Å². The molecule has 3 rings (SSSR count). The van der Waals surface area contributed by atoms with E-state index < -0.39 is 0 Å². The van der Waals surface area contributed by atoms with Gasteiger partial charge in [-0.3, -0.25) is 9.80 Å². The van der Waals surface area contributed by atoms with E-state index in [0.717, 1.165) is 87.2 Å². The highest BCUT2D eigenvalue weighted by Gasteiger charge is 2.35. The molecule has 0 unspecified atom stereocenters. The SMILES string of the molecule is CCCCCCN(CCCCCC)Cc1cc(C(C)(C)C)cc([C@H]2CCCC[C@@H]2c2cc(C(C)(C)C)cc(CN(CCCCCC)CCCCCC)c2O)c1O. The summed E-state index contributed by atoms with van der Waals surface area (Å²) in [7, 11) is 0. The largest absolute Gasteiger partial charge is 0.507 e. The highest BCUT2D eigenvalue weighted by atomic mass is 16.3. The second-order valence-corrected chi connectivity index (χ2v) is 19.9. The second-order valence-electron chi connectivity index (χ2n) is 19.9. The zero-order chi connectivity index (χ0) is 41.1. The number of hydrogen-bond acceptors (Lipinski definition) is 4. The van der Waals surface area contributed by atoms with Gasteiger partial charge in [-0.15, -0.1) is 0 Å². The van der Waals surface area contributed by atoms with Crippen molar-refractivity contribution in [3.8, 4) is 11.5 Å². The Labute approximate surface area is 347 Å². The fourth-order valence-corrected chi connectivity index (χ4v) is 9.06. The second kappa shape index (κ2) is 24.8. The molecular formula is C52H90N2O2. The summed E-state index contributed by atoms with van der Waals surface area (Å²) in [5.74, 6) is 1.36. The molecular weight excluding hydrogens is 685 g/mol. The summed E-state index contributed by atoms with van der Waals surface area (Å²) in [6.45, 7) is 29.1. The molecule has 0 heterocycles. The van der Waals surface area contributed by atoms with Crippen LogP contribution in [0.2, 0.25) is 0 Å². The van der Waals surface area contributed by atoms with E-state index in [-0.39, 0.29) is 22.7 Å². The minimum Gasteiger partial charge on any atom is -0.507 e. The molecule has 0 radical (unpaired) electrons. The molecule has 0 aliphatic heterocycles. The monoisotopic (exact) mass is 775 g/mol. The van der Waals surface area contributed by atoms with E-state index in [1.165, 1.54) is 114 Å². The van der Waals surface area contributed by atoms with Gasteiger partial charge in [0.15, 0.2) is 0 Å². The molecule has 2 aromatic rings. The van der Waals surface area contributed by atoms with Crippen LogP contribution < -0.4 is 0 Å². The quantitative estimate of drug-likeness (QED) is 0.0935. The number of aromatic hydroxyl groups is 2. The zero-order valence-corrected chi connectivity index (χ0v) is 38.6. The highest BCUT2D eigenvalue weighted by Crippen LogP contribution is 2.51. The molecule has 1 fully saturated rings. The Morgan fingerprint density at radius 1 is 0.464 bits per heavy atom. The minimum absolute atomic E-state index is 0.0341. The Bertz CT molecular complexity index is 1260. The number of unbranched alkanes of at least 4 members (excludes halogenated alkanes) is 12. The fraction of sp³-hybridized carbons (Fsp3) is 0.769. The van der Waals surface area contributed by atoms with Gasteiger partial charge in [-0.25, -0.2) is 0 Å². The number of rotatable bonds is 26. The van der Waals surface area contributed by atoms with Crippen molar-refractivity contribution in [1.29, 1.82) is 0 Å². The van der Waals surface area contributed by atoms with E-state index >= 15 is 0 Å². The van der Waals surface area contributed by atoms with Crippen LogP contribution in [-0.4, -0.2) is 46.2 Å². The Kier molecular flexibility index (Phi) is 21.4. The van der Waals surface area contributed by atoms with Gasteiger partial charge < -0.3 is 10.2 Å². The first kappa shape index (κ1) is 48.3. The molecule has 4 nitrogen and oxygen atoms in total. The summed E-state index contributed by atoms with van der Waals surface area (Å²) in [5.41, 5.74) is 6.99. The van der Waals surface area contributed by atoms with Crippen LogP contribution in [-0.2, 0) is 23.9 Å². The van der Waals surface area contributed by atoms with Gasteiger partial charge in [0.1, 0.15) is 11.5 Å². The summed E-state index contributed by atoms with van der Waals surface area (Å²) in [5, 5.41) is 24.9. The van der Waals surface area contributed by atoms with E-state index in [1.54, 1.807) is 0 Å². The van der Waals surface area contributed by atoms with Gasteiger partial charge in [-0.05, 0) is 110 Å². The molecule has 2 atom stereocenters. The van der Waals surface area contributed by atoms with Crippen molar-refractivity contribution < 1.29 is 10.2 Å². The number of nitrogens with zero attached hydrogens (tertiary/aromatic N) is 2. The number of hydrogen-bond donors (Lipinski definition) is 2. The molecule has 0 bridgehead atoms. The van der Waals surface area contributed by atoms with Crippen LogP contribution in [0.25, 0.3) is 0 Å². The van der Waals surface area contributed by atoms with Crippen LogP contribution >= 0.6 is 0 Å². The van der Waals surface area contributed by atoms with Gasteiger partial charge in [0.05, 0.1) is 0 Å². The molecule has 2 N–H and O–H groups in total. The molecule has 4 heteroatoms. The van der Waals surface area contributed by atoms with Crippen LogP contribution in [0, 0.1) is 0 Å². The van der Waals surface area contributed by atoms with E-state index in [2.05, 4.69) is 103 Å². The normalized spacial score (nSPS) is 16.7. The fourth-order valence-electron chi connectivity index (χ4n) is 9.06. The van der Waals surface area contributed by atoms with Crippen molar-refractivity contribution >= 4 is 0 Å². The Hall–Kier alpha value is -2.04. The number of phenols is 2. The van der Waals surface area contributed by atoms with Gasteiger partial charge >= 0.3 is 0 Å². The average molecular weight is 775 g/mol. The number of benzene rings is 2. The summed E-state index contributed by atoms with van der Waals surface area (Å²) >= 11 is 0. The van der Waals surface area contributed by atoms with E-state index in [9.17, 15) is 10.2 Å². The minimum atomic E-state index is -0.0341. The van der Waals surface area contributed by atoms with E-state index in [0.29, 0.717) is 11.5 Å². The molecule has 1 aliphatic rings. The third-order valence-electron chi connectivity index (χ3n) is 12.8. The first-order valence-corrected chi connectivity index (χ1v) is 23.9. The maximum atomic E-state index is 12.4. The summed E-state index contributed by atoms with van der Waals surface area (Å²) in [4.78, 5) is 5.27. The third-order valence-corrected chi connectivity index (χ3v) is 12.8. The van der Waals surface area contributed by atoms with Crippen molar-refractivity contribution in [1.82, 2.24) is 9.80 Å². The smallest absolute Gasteiger partial charge is 0.123 e. The third kappa shape index (κ3) is 15.6. The molecule has 0 spiro atoms. The predicted octanol–water partition coefficient (Wildman–Crippen LogP) is 15.1. The zero-order valence-electron chi connectivity index (χ0n) is 38.6. The standard InChI is InChI=1S/C52H90N2O2/c1-11-15-19-25-31-53(32-26-20-16-12-2)39-41-35-43(51(5,6)7)37-47(49(41)55)45-29-23-24-30-46(45)48-38-44(52(8,9)10)36-42(50(48)56)40-54(33-27-21-17-13-3)34-28-22-18-14-4/h35-38,45-46,55-56H,11-34,39-40H2,1-10H3/t45-,46-/m0/s1. The highest BCUT2D eigenvalue weighted by molar-refractivity contribution is 5.52. The summed E-state index contributed by atoms with van der Waals surface area (Å²) < 4.78 is 0. The van der Waals surface area contributed by atoms with Crippen molar-refractivity contribution in [3.05, 3.63) is 57.6 Å². The average Bonchev–Trinajstić information content (AvgIpc) is 3.15. The van der Waals surface area contributed by atoms with Crippen LogP contribution in [0.3, 0.4) is 0 Å². The molecule has 0 saturated heterocycles. The molecule has 56 heavy (non-hydrogen) atoms. The van der Waals surface area contributed by atoms with Crippen LogP contribution in [0.15, 0.2) is 24.3 Å². The Balaban J connectivity index is 2.09. The van der Waals surface area contributed by atoms with Crippen molar-refractivity contribution in [3.63, 3.8) is 0 Å². The van der Waals surface area contributed by atoms with Gasteiger partial charge in [-0.1, -0.05) is 183 Å². The van der Waals surface area contributed by atoms with Gasteiger partial charge in [-0.2, -0.15) is 0 Å². The van der Waals surface area contributed by atoms with Gasteiger partial charge in [0.2, 0.25) is 0 Å². The molecule has 0 amide bonds. The van der Waals surface area contributed by atoms with Crippen molar-refractivity contribution in [2.75, 3.05) is 26.2 Å².